The van der Waals surface area contributed by atoms with Crippen molar-refractivity contribution >= 4 is 33.3 Å². The van der Waals surface area contributed by atoms with Gasteiger partial charge in [0.2, 0.25) is 0 Å². The monoisotopic (exact) mass is 653 g/mol. The highest BCUT2D eigenvalue weighted by Gasteiger charge is 2.25. The van der Waals surface area contributed by atoms with Gasteiger partial charge >= 0.3 is 11.7 Å². The molecule has 238 valence electrons. The van der Waals surface area contributed by atoms with Gasteiger partial charge in [-0.3, -0.25) is 14.2 Å². The summed E-state index contributed by atoms with van der Waals surface area (Å²) in [6.07, 6.45) is 0. The van der Waals surface area contributed by atoms with Gasteiger partial charge in [-0.15, -0.1) is 11.3 Å². The Labute approximate surface area is 271 Å². The smallest absolute Gasteiger partial charge is 0.309 e. The second kappa shape index (κ2) is 13.9. The van der Waals surface area contributed by atoms with Crippen LogP contribution in [0.4, 0.5) is 19.3 Å². The lowest BCUT2D eigenvalue weighted by atomic mass is 10.1. The number of hydrogen-bond donors (Lipinski definition) is 3. The quantitative estimate of drug-likeness (QED) is 0.153. The first-order chi connectivity index (χ1) is 22.9. The van der Waals surface area contributed by atoms with Gasteiger partial charge in [-0.05, 0) is 53.1 Å². The van der Waals surface area contributed by atoms with E-state index in [1.165, 1.54) is 29.1 Å². The van der Waals surface area contributed by atoms with Gasteiger partial charge in [0.1, 0.15) is 16.5 Å². The van der Waals surface area contributed by atoms with Crippen LogP contribution in [0.1, 0.15) is 16.7 Å². The highest BCUT2D eigenvalue weighted by Crippen LogP contribution is 2.38. The topological polar surface area (TPSA) is 106 Å². The largest absolute Gasteiger partial charge is 0.343 e. The van der Waals surface area contributed by atoms with Gasteiger partial charge < -0.3 is 10.6 Å². The van der Waals surface area contributed by atoms with Crippen molar-refractivity contribution in [3.8, 4) is 16.1 Å². The number of carbonyl (C=O) groups excluding carboxylic acids is 1. The molecular weight excluding hydrogens is 624 g/mol. The fraction of sp³-hybridized carbons (Fsp3) is 0.114. The lowest BCUT2D eigenvalue weighted by Gasteiger charge is -2.14. The van der Waals surface area contributed by atoms with Crippen LogP contribution < -0.4 is 27.4 Å². The van der Waals surface area contributed by atoms with Crippen molar-refractivity contribution in [3.05, 3.63) is 152 Å². The number of thiophene rings is 1. The molecule has 0 fully saturated rings. The predicted octanol–water partition coefficient (Wildman–Crippen LogP) is 6.18. The molecule has 0 bridgehead atoms. The molecule has 12 heteroatoms. The lowest BCUT2D eigenvalue weighted by Crippen LogP contribution is -2.39. The Hall–Kier alpha value is -5.43. The Morgan fingerprint density at radius 1 is 0.809 bits per heavy atom. The molecule has 0 aliphatic rings. The maximum atomic E-state index is 15.0. The molecule has 6 rings (SSSR count). The number of hydroxylamine groups is 1. The third-order valence-corrected chi connectivity index (χ3v) is 8.84. The number of carbonyl (C=O) groups is 1. The van der Waals surface area contributed by atoms with Crippen LogP contribution in [0.3, 0.4) is 0 Å². The number of anilines is 1. The molecule has 0 unspecified atom stereocenters. The zero-order valence-corrected chi connectivity index (χ0v) is 25.9. The molecule has 0 saturated carbocycles. The second-order valence-electron chi connectivity index (χ2n) is 10.6. The van der Waals surface area contributed by atoms with E-state index < -0.39 is 35.5 Å². The Morgan fingerprint density at radius 2 is 1.47 bits per heavy atom. The summed E-state index contributed by atoms with van der Waals surface area (Å²) >= 11 is 1.19. The van der Waals surface area contributed by atoms with Crippen molar-refractivity contribution in [1.82, 2.24) is 19.9 Å². The number of amides is 2. The zero-order chi connectivity index (χ0) is 32.9. The zero-order valence-electron chi connectivity index (χ0n) is 25.1. The average Bonchev–Trinajstić information content (AvgIpc) is 3.45. The molecule has 0 aliphatic heterocycles. The van der Waals surface area contributed by atoms with Crippen LogP contribution >= 0.6 is 11.3 Å². The molecule has 6 aromatic rings. The Kier molecular flexibility index (Phi) is 9.34. The number of aromatic nitrogens is 2. The normalized spacial score (nSPS) is 11.1. The van der Waals surface area contributed by atoms with Crippen LogP contribution in [0.2, 0.25) is 0 Å². The third kappa shape index (κ3) is 6.61. The molecule has 2 amide bonds. The number of para-hydroxylation sites is 1. The van der Waals surface area contributed by atoms with E-state index in [1.807, 2.05) is 30.3 Å². The van der Waals surface area contributed by atoms with Gasteiger partial charge in [-0.25, -0.2) is 28.4 Å². The number of halogens is 2. The Bertz CT molecular complexity index is 2150. The van der Waals surface area contributed by atoms with Crippen molar-refractivity contribution in [2.24, 2.45) is 0 Å². The van der Waals surface area contributed by atoms with E-state index in [1.54, 1.807) is 54.6 Å². The molecule has 0 saturated heterocycles. The van der Waals surface area contributed by atoms with E-state index in [2.05, 4.69) is 21.0 Å². The summed E-state index contributed by atoms with van der Waals surface area (Å²) in [5.41, 5.74) is 3.81. The number of nitrogens with one attached hydrogen (secondary N) is 3. The number of nitrogens with zero attached hydrogens (tertiary/aromatic N) is 2. The highest BCUT2D eigenvalue weighted by molar-refractivity contribution is 7.22. The summed E-state index contributed by atoms with van der Waals surface area (Å²) < 4.78 is 32.2. The maximum Gasteiger partial charge on any atom is 0.343 e. The fourth-order valence-electron chi connectivity index (χ4n) is 5.34. The van der Waals surface area contributed by atoms with Crippen molar-refractivity contribution < 1.29 is 18.4 Å². The van der Waals surface area contributed by atoms with Crippen molar-refractivity contribution in [1.29, 1.82) is 0 Å². The van der Waals surface area contributed by atoms with Gasteiger partial charge in [0.05, 0.1) is 24.7 Å². The van der Waals surface area contributed by atoms with Gasteiger partial charge in [0.15, 0.2) is 0 Å². The van der Waals surface area contributed by atoms with E-state index in [9.17, 15) is 23.2 Å². The number of fused-ring (bicyclic) bond motifs is 1. The van der Waals surface area contributed by atoms with Crippen LogP contribution in [0.25, 0.3) is 26.3 Å². The Balaban J connectivity index is 1.56. The predicted molar refractivity (Wildman–Crippen MR) is 179 cm³/mol. The fourth-order valence-corrected chi connectivity index (χ4v) is 6.65. The number of hydrogen-bond acceptors (Lipinski definition) is 6. The molecule has 2 aromatic heterocycles. The van der Waals surface area contributed by atoms with E-state index in [-0.39, 0.29) is 22.3 Å². The third-order valence-electron chi connectivity index (χ3n) is 7.54. The number of urea groups is 1. The minimum absolute atomic E-state index is 0.247. The molecule has 3 N–H and O–H groups in total. The molecule has 0 aliphatic carbocycles. The minimum atomic E-state index is -0.801. The summed E-state index contributed by atoms with van der Waals surface area (Å²) in [5, 5.41) is 6.33. The molecule has 0 spiro atoms. The Morgan fingerprint density at radius 3 is 2.13 bits per heavy atom. The van der Waals surface area contributed by atoms with E-state index in [4.69, 9.17) is 0 Å². The molecule has 4 aromatic carbocycles. The summed E-state index contributed by atoms with van der Waals surface area (Å²) in [6.45, 7) is 0.314. The molecule has 2 heterocycles. The summed E-state index contributed by atoms with van der Waals surface area (Å²) in [5.74, 6) is -1.60. The first-order valence-corrected chi connectivity index (χ1v) is 15.4. The SMILES string of the molecule is CONC(=O)Nc1ccc(-c2sc3c(c2CNCc2ccccc2)c(=O)n(-c2ccccc2)c(=O)n3Cc2c(F)cccc2F)cc1. The van der Waals surface area contributed by atoms with Gasteiger partial charge in [0.25, 0.3) is 5.56 Å². The highest BCUT2D eigenvalue weighted by atomic mass is 32.1. The number of rotatable bonds is 10. The minimum Gasteiger partial charge on any atom is -0.309 e. The van der Waals surface area contributed by atoms with Crippen LogP contribution in [0.5, 0.6) is 0 Å². The first-order valence-electron chi connectivity index (χ1n) is 14.6. The molecule has 9 nitrogen and oxygen atoms in total. The second-order valence-corrected chi connectivity index (χ2v) is 11.6. The van der Waals surface area contributed by atoms with Crippen molar-refractivity contribution in [2.45, 2.75) is 19.6 Å². The van der Waals surface area contributed by atoms with Crippen LogP contribution in [0.15, 0.2) is 113 Å². The van der Waals surface area contributed by atoms with Crippen molar-refractivity contribution in [2.75, 3.05) is 12.4 Å². The number of benzene rings is 4. The molecular formula is C35H29F2N5O4S. The van der Waals surface area contributed by atoms with Crippen LogP contribution in [-0.4, -0.2) is 22.3 Å². The summed E-state index contributed by atoms with van der Waals surface area (Å²) in [4.78, 5) is 46.0. The standard InChI is InChI=1S/C35H29F2N5O4S/c1-46-40-34(44)39-24-17-15-23(16-18-24)31-26(20-38-19-22-9-4-2-5-10-22)30-32(43)42(25-11-6-3-7-12-25)35(45)41(33(30)47-31)21-27-28(36)13-8-14-29(27)37/h2-18,38H,19-21H2,1H3,(H2,39,40,44). The van der Waals surface area contributed by atoms with Crippen molar-refractivity contribution in [3.63, 3.8) is 0 Å². The van der Waals surface area contributed by atoms with Crippen LogP contribution in [-0.2, 0) is 24.5 Å². The van der Waals surface area contributed by atoms with Crippen LogP contribution in [0, 0.1) is 11.6 Å². The lowest BCUT2D eigenvalue weighted by molar-refractivity contribution is 0.114. The van der Waals surface area contributed by atoms with E-state index in [0.717, 1.165) is 22.3 Å². The average molecular weight is 654 g/mol. The summed E-state index contributed by atoms with van der Waals surface area (Å²) in [6, 6.07) is 28.1. The van der Waals surface area contributed by atoms with E-state index >= 15 is 0 Å². The molecule has 0 radical (unpaired) electrons. The van der Waals surface area contributed by atoms with Gasteiger partial charge in [-0.1, -0.05) is 66.7 Å². The first kappa shape index (κ1) is 31.5. The van der Waals surface area contributed by atoms with Gasteiger partial charge in [0, 0.05) is 29.2 Å². The maximum absolute atomic E-state index is 15.0. The van der Waals surface area contributed by atoms with Gasteiger partial charge in [-0.2, -0.15) is 0 Å². The molecule has 47 heavy (non-hydrogen) atoms. The van der Waals surface area contributed by atoms with E-state index in [0.29, 0.717) is 33.9 Å². The summed E-state index contributed by atoms with van der Waals surface area (Å²) in [7, 11) is 1.32. The molecule has 0 atom stereocenters.